The molecule has 0 bridgehead atoms. The Morgan fingerprint density at radius 1 is 1.50 bits per heavy atom. The summed E-state index contributed by atoms with van der Waals surface area (Å²) in [6.07, 6.45) is 0.784. The van der Waals surface area contributed by atoms with E-state index in [-0.39, 0.29) is 11.3 Å². The Morgan fingerprint density at radius 2 is 2.08 bits per heavy atom. The third-order valence-electron chi connectivity index (χ3n) is 2.14. The van der Waals surface area contributed by atoms with Crippen molar-refractivity contribution < 1.29 is 8.42 Å². The fourth-order valence-electron chi connectivity index (χ4n) is 1.28. The highest BCUT2D eigenvalue weighted by atomic mass is 32.2. The van der Waals surface area contributed by atoms with Crippen LogP contribution in [-0.2, 0) is 10.0 Å². The van der Waals surface area contributed by atoms with Gasteiger partial charge in [0.05, 0.1) is 5.25 Å². The molecule has 0 amide bonds. The number of sulfonamides is 1. The standard InChI is InChI=1S/C7H16N2O2S/c1-6(2)12(10,11)9-4-3-7(8)5-9/h6-7H,3-5,8H2,1-2H3/t7-/m1/s1. The van der Waals surface area contributed by atoms with Gasteiger partial charge in [-0.3, -0.25) is 0 Å². The maximum absolute atomic E-state index is 11.5. The number of hydrogen-bond donors (Lipinski definition) is 1. The van der Waals surface area contributed by atoms with Crippen LogP contribution in [0.15, 0.2) is 0 Å². The molecule has 1 rings (SSSR count). The van der Waals surface area contributed by atoms with E-state index in [0.717, 1.165) is 6.42 Å². The quantitative estimate of drug-likeness (QED) is 0.656. The van der Waals surface area contributed by atoms with Crippen molar-refractivity contribution in [1.29, 1.82) is 0 Å². The molecule has 1 aliphatic rings. The molecule has 0 aromatic heterocycles. The summed E-state index contributed by atoms with van der Waals surface area (Å²) in [5.41, 5.74) is 5.62. The summed E-state index contributed by atoms with van der Waals surface area (Å²) in [5.74, 6) is 0. The first-order chi connectivity index (χ1) is 5.44. The van der Waals surface area contributed by atoms with Crippen molar-refractivity contribution in [2.24, 2.45) is 5.73 Å². The molecule has 5 heteroatoms. The normalized spacial score (nSPS) is 26.8. The van der Waals surface area contributed by atoms with E-state index in [1.807, 2.05) is 0 Å². The van der Waals surface area contributed by atoms with E-state index in [1.165, 1.54) is 4.31 Å². The highest BCUT2D eigenvalue weighted by Gasteiger charge is 2.31. The van der Waals surface area contributed by atoms with Crippen molar-refractivity contribution in [3.63, 3.8) is 0 Å². The maximum Gasteiger partial charge on any atom is 0.216 e. The summed E-state index contributed by atoms with van der Waals surface area (Å²) in [6, 6.07) is 0.0264. The minimum absolute atomic E-state index is 0.0264. The molecule has 0 spiro atoms. The van der Waals surface area contributed by atoms with Crippen LogP contribution >= 0.6 is 0 Å². The van der Waals surface area contributed by atoms with E-state index in [4.69, 9.17) is 5.73 Å². The van der Waals surface area contributed by atoms with Gasteiger partial charge in [-0.25, -0.2) is 12.7 Å². The molecule has 4 nitrogen and oxygen atoms in total. The molecule has 1 atom stereocenters. The SMILES string of the molecule is CC(C)S(=O)(=O)N1CC[C@@H](N)C1. The molecular formula is C7H16N2O2S. The predicted molar refractivity (Wildman–Crippen MR) is 48.2 cm³/mol. The van der Waals surface area contributed by atoms with Crippen LogP contribution in [0.25, 0.3) is 0 Å². The molecule has 0 aromatic carbocycles. The molecule has 2 N–H and O–H groups in total. The van der Waals surface area contributed by atoms with Crippen LogP contribution in [0.2, 0.25) is 0 Å². The second-order valence-electron chi connectivity index (χ2n) is 3.50. The van der Waals surface area contributed by atoms with Gasteiger partial charge in [-0.15, -0.1) is 0 Å². The second-order valence-corrected chi connectivity index (χ2v) is 5.99. The Hall–Kier alpha value is -0.130. The third kappa shape index (κ3) is 1.78. The molecule has 0 saturated carbocycles. The third-order valence-corrected chi connectivity index (χ3v) is 4.39. The zero-order valence-corrected chi connectivity index (χ0v) is 8.34. The van der Waals surface area contributed by atoms with E-state index in [9.17, 15) is 8.42 Å². The average molecular weight is 192 g/mol. The molecule has 12 heavy (non-hydrogen) atoms. The lowest BCUT2D eigenvalue weighted by Crippen LogP contribution is -2.36. The van der Waals surface area contributed by atoms with Gasteiger partial charge in [-0.2, -0.15) is 0 Å². The average Bonchev–Trinajstić information content (AvgIpc) is 2.35. The van der Waals surface area contributed by atoms with Crippen LogP contribution in [0.5, 0.6) is 0 Å². The fraction of sp³-hybridized carbons (Fsp3) is 1.00. The van der Waals surface area contributed by atoms with E-state index in [1.54, 1.807) is 13.8 Å². The van der Waals surface area contributed by atoms with Crippen LogP contribution in [0.3, 0.4) is 0 Å². The van der Waals surface area contributed by atoms with E-state index in [0.29, 0.717) is 13.1 Å². The van der Waals surface area contributed by atoms with Gasteiger partial charge in [-0.05, 0) is 20.3 Å². The molecule has 0 unspecified atom stereocenters. The molecule has 1 fully saturated rings. The number of nitrogens with two attached hydrogens (primary N) is 1. The summed E-state index contributed by atoms with van der Waals surface area (Å²) < 4.78 is 24.6. The van der Waals surface area contributed by atoms with Crippen LogP contribution in [-0.4, -0.2) is 37.1 Å². The smallest absolute Gasteiger partial charge is 0.216 e. The van der Waals surface area contributed by atoms with Gasteiger partial charge in [0.15, 0.2) is 0 Å². The monoisotopic (exact) mass is 192 g/mol. The lowest BCUT2D eigenvalue weighted by Gasteiger charge is -2.18. The Labute approximate surface area is 73.8 Å². The Bertz CT molecular complexity index is 248. The van der Waals surface area contributed by atoms with Gasteiger partial charge >= 0.3 is 0 Å². The predicted octanol–water partition coefficient (Wildman–Crippen LogP) is -0.242. The molecule has 1 aliphatic heterocycles. The van der Waals surface area contributed by atoms with Crippen molar-refractivity contribution >= 4 is 10.0 Å². The first kappa shape index (κ1) is 9.95. The second kappa shape index (κ2) is 3.32. The highest BCUT2D eigenvalue weighted by Crippen LogP contribution is 2.15. The van der Waals surface area contributed by atoms with Crippen LogP contribution < -0.4 is 5.73 Å². The molecule has 1 saturated heterocycles. The van der Waals surface area contributed by atoms with Crippen molar-refractivity contribution in [3.8, 4) is 0 Å². The zero-order valence-electron chi connectivity index (χ0n) is 7.53. The van der Waals surface area contributed by atoms with Gasteiger partial charge < -0.3 is 5.73 Å². The van der Waals surface area contributed by atoms with Gasteiger partial charge in [0.25, 0.3) is 0 Å². The lowest BCUT2D eigenvalue weighted by molar-refractivity contribution is 0.465. The molecule has 72 valence electrons. The van der Waals surface area contributed by atoms with Gasteiger partial charge in [0, 0.05) is 19.1 Å². The maximum atomic E-state index is 11.5. The van der Waals surface area contributed by atoms with Crippen LogP contribution in [0.4, 0.5) is 0 Å². The first-order valence-electron chi connectivity index (χ1n) is 4.19. The number of nitrogens with zero attached hydrogens (tertiary/aromatic N) is 1. The van der Waals surface area contributed by atoms with Gasteiger partial charge in [0.1, 0.15) is 0 Å². The molecule has 1 heterocycles. The zero-order chi connectivity index (χ0) is 9.35. The van der Waals surface area contributed by atoms with Gasteiger partial charge in [-0.1, -0.05) is 0 Å². The van der Waals surface area contributed by atoms with Crippen molar-refractivity contribution in [2.75, 3.05) is 13.1 Å². The van der Waals surface area contributed by atoms with Crippen molar-refractivity contribution in [2.45, 2.75) is 31.6 Å². The molecular weight excluding hydrogens is 176 g/mol. The largest absolute Gasteiger partial charge is 0.326 e. The summed E-state index contributed by atoms with van der Waals surface area (Å²) in [6.45, 7) is 4.46. The summed E-state index contributed by atoms with van der Waals surface area (Å²) in [7, 11) is -3.06. The molecule has 0 aliphatic carbocycles. The molecule has 0 radical (unpaired) electrons. The summed E-state index contributed by atoms with van der Waals surface area (Å²) in [5, 5.41) is -0.331. The lowest BCUT2D eigenvalue weighted by atomic mass is 10.3. The minimum Gasteiger partial charge on any atom is -0.326 e. The Balaban J connectivity index is 2.71. The van der Waals surface area contributed by atoms with E-state index >= 15 is 0 Å². The van der Waals surface area contributed by atoms with E-state index < -0.39 is 10.0 Å². The van der Waals surface area contributed by atoms with Crippen LogP contribution in [0, 0.1) is 0 Å². The molecule has 0 aromatic rings. The van der Waals surface area contributed by atoms with E-state index in [2.05, 4.69) is 0 Å². The number of rotatable bonds is 2. The Morgan fingerprint density at radius 3 is 2.42 bits per heavy atom. The summed E-state index contributed by atoms with van der Waals surface area (Å²) >= 11 is 0. The first-order valence-corrected chi connectivity index (χ1v) is 5.69. The topological polar surface area (TPSA) is 63.4 Å². The fourth-order valence-corrected chi connectivity index (χ4v) is 2.64. The number of hydrogen-bond acceptors (Lipinski definition) is 3. The highest BCUT2D eigenvalue weighted by molar-refractivity contribution is 7.89. The Kier molecular flexibility index (Phi) is 2.75. The van der Waals surface area contributed by atoms with Crippen molar-refractivity contribution in [3.05, 3.63) is 0 Å². The van der Waals surface area contributed by atoms with Crippen LogP contribution in [0.1, 0.15) is 20.3 Å². The van der Waals surface area contributed by atoms with Gasteiger partial charge in [0.2, 0.25) is 10.0 Å². The summed E-state index contributed by atoms with van der Waals surface area (Å²) in [4.78, 5) is 0. The van der Waals surface area contributed by atoms with Crippen molar-refractivity contribution in [1.82, 2.24) is 4.31 Å². The minimum atomic E-state index is -3.06.